The van der Waals surface area contributed by atoms with Crippen LogP contribution in [-0.4, -0.2) is 33.4 Å². The zero-order chi connectivity index (χ0) is 8.85. The van der Waals surface area contributed by atoms with E-state index in [4.69, 9.17) is 10.2 Å². The lowest BCUT2D eigenvalue weighted by molar-refractivity contribution is 0.189. The van der Waals surface area contributed by atoms with Gasteiger partial charge in [-0.1, -0.05) is 6.92 Å². The summed E-state index contributed by atoms with van der Waals surface area (Å²) in [4.78, 5) is 0. The monoisotopic (exact) mass is 178 g/mol. The van der Waals surface area contributed by atoms with E-state index in [9.17, 15) is 0 Å². The molecular weight excluding hydrogens is 160 g/mol. The van der Waals surface area contributed by atoms with Crippen LogP contribution in [-0.2, 0) is 0 Å². The van der Waals surface area contributed by atoms with Gasteiger partial charge in [0.15, 0.2) is 0 Å². The maximum atomic E-state index is 9.10. The maximum Gasteiger partial charge on any atom is 0.0627 e. The first-order valence-electron chi connectivity index (χ1n) is 4.01. The van der Waals surface area contributed by atoms with Gasteiger partial charge in [0.25, 0.3) is 0 Å². The lowest BCUT2D eigenvalue weighted by Crippen LogP contribution is -2.16. The van der Waals surface area contributed by atoms with Crippen LogP contribution in [0, 0.1) is 0 Å². The average molecular weight is 178 g/mol. The zero-order valence-corrected chi connectivity index (χ0v) is 8.27. The van der Waals surface area contributed by atoms with Gasteiger partial charge in [0.2, 0.25) is 0 Å². The Labute approximate surface area is 73.0 Å². The van der Waals surface area contributed by atoms with Gasteiger partial charge in [-0.2, -0.15) is 11.8 Å². The van der Waals surface area contributed by atoms with Crippen LogP contribution in [0.3, 0.4) is 0 Å². The molecule has 11 heavy (non-hydrogen) atoms. The van der Waals surface area contributed by atoms with Crippen molar-refractivity contribution in [2.75, 3.05) is 5.75 Å². The summed E-state index contributed by atoms with van der Waals surface area (Å²) in [5.74, 6) is 0.920. The maximum absolute atomic E-state index is 9.10. The first-order valence-corrected chi connectivity index (χ1v) is 5.06. The second kappa shape index (κ2) is 5.86. The Morgan fingerprint density at radius 2 is 1.73 bits per heavy atom. The van der Waals surface area contributed by atoms with Crippen molar-refractivity contribution in [1.29, 1.82) is 0 Å². The Hall–Kier alpha value is 0.270. The van der Waals surface area contributed by atoms with Crippen LogP contribution in [0.15, 0.2) is 0 Å². The minimum Gasteiger partial charge on any atom is -0.393 e. The van der Waals surface area contributed by atoms with E-state index in [1.165, 1.54) is 0 Å². The second-order valence-electron chi connectivity index (χ2n) is 2.95. The number of aliphatic hydroxyl groups is 2. The van der Waals surface area contributed by atoms with Gasteiger partial charge in [-0.3, -0.25) is 0 Å². The van der Waals surface area contributed by atoms with Gasteiger partial charge in [0, 0.05) is 5.25 Å². The fraction of sp³-hybridized carbons (Fsp3) is 1.00. The van der Waals surface area contributed by atoms with E-state index in [0.717, 1.165) is 12.2 Å². The SMILES string of the molecule is CC(O)CCSC(C)C(C)O. The van der Waals surface area contributed by atoms with Crippen molar-refractivity contribution in [1.82, 2.24) is 0 Å². The Kier molecular flexibility index (Phi) is 6.01. The summed E-state index contributed by atoms with van der Waals surface area (Å²) < 4.78 is 0. The molecular formula is C8H18O2S. The minimum absolute atomic E-state index is 0.219. The van der Waals surface area contributed by atoms with Gasteiger partial charge < -0.3 is 10.2 Å². The highest BCUT2D eigenvalue weighted by Crippen LogP contribution is 2.15. The summed E-state index contributed by atoms with van der Waals surface area (Å²) in [5, 5.41) is 18.3. The topological polar surface area (TPSA) is 40.5 Å². The second-order valence-corrected chi connectivity index (χ2v) is 4.44. The Morgan fingerprint density at radius 3 is 2.09 bits per heavy atom. The number of thioether (sulfide) groups is 1. The molecule has 0 amide bonds. The standard InChI is InChI=1S/C8H18O2S/c1-6(9)4-5-11-8(3)7(2)10/h6-10H,4-5H2,1-3H3. The smallest absolute Gasteiger partial charge is 0.0627 e. The summed E-state index contributed by atoms with van der Waals surface area (Å²) >= 11 is 1.70. The highest BCUT2D eigenvalue weighted by atomic mass is 32.2. The molecule has 3 unspecified atom stereocenters. The van der Waals surface area contributed by atoms with E-state index in [0.29, 0.717) is 0 Å². The molecule has 0 bridgehead atoms. The van der Waals surface area contributed by atoms with Crippen LogP contribution in [0.25, 0.3) is 0 Å². The highest BCUT2D eigenvalue weighted by molar-refractivity contribution is 7.99. The number of rotatable bonds is 5. The predicted octanol–water partition coefficient (Wildman–Crippen LogP) is 1.26. The average Bonchev–Trinajstić information content (AvgIpc) is 1.86. The number of hydrogen-bond donors (Lipinski definition) is 2. The van der Waals surface area contributed by atoms with Crippen LogP contribution >= 0.6 is 11.8 Å². The van der Waals surface area contributed by atoms with E-state index >= 15 is 0 Å². The van der Waals surface area contributed by atoms with Gasteiger partial charge in [-0.05, 0) is 26.0 Å². The lowest BCUT2D eigenvalue weighted by Gasteiger charge is -2.14. The molecule has 0 radical (unpaired) electrons. The van der Waals surface area contributed by atoms with Gasteiger partial charge >= 0.3 is 0 Å². The van der Waals surface area contributed by atoms with E-state index in [1.54, 1.807) is 25.6 Å². The van der Waals surface area contributed by atoms with E-state index < -0.39 is 0 Å². The van der Waals surface area contributed by atoms with E-state index in [2.05, 4.69) is 0 Å². The molecule has 0 spiro atoms. The Morgan fingerprint density at radius 1 is 1.18 bits per heavy atom. The molecule has 0 fully saturated rings. The molecule has 0 rings (SSSR count). The van der Waals surface area contributed by atoms with Crippen molar-refractivity contribution in [2.45, 2.75) is 44.6 Å². The third-order valence-electron chi connectivity index (χ3n) is 1.60. The molecule has 2 N–H and O–H groups in total. The van der Waals surface area contributed by atoms with Crippen molar-refractivity contribution in [3.05, 3.63) is 0 Å². The first kappa shape index (κ1) is 11.3. The van der Waals surface area contributed by atoms with Crippen molar-refractivity contribution in [2.24, 2.45) is 0 Å². The molecule has 0 heterocycles. The molecule has 0 saturated carbocycles. The molecule has 2 nitrogen and oxygen atoms in total. The molecule has 0 aromatic carbocycles. The zero-order valence-electron chi connectivity index (χ0n) is 7.45. The van der Waals surface area contributed by atoms with Crippen LogP contribution in [0.5, 0.6) is 0 Å². The molecule has 0 aliphatic carbocycles. The summed E-state index contributed by atoms with van der Waals surface area (Å²) in [5.41, 5.74) is 0. The van der Waals surface area contributed by atoms with Crippen molar-refractivity contribution in [3.8, 4) is 0 Å². The number of aliphatic hydroxyl groups excluding tert-OH is 2. The molecule has 0 aliphatic heterocycles. The van der Waals surface area contributed by atoms with Gasteiger partial charge in [0.1, 0.15) is 0 Å². The predicted molar refractivity (Wildman–Crippen MR) is 49.9 cm³/mol. The summed E-state index contributed by atoms with van der Waals surface area (Å²) in [6.07, 6.45) is 0.333. The Bertz CT molecular complexity index is 94.1. The van der Waals surface area contributed by atoms with Crippen LogP contribution in [0.1, 0.15) is 27.2 Å². The highest BCUT2D eigenvalue weighted by Gasteiger charge is 2.08. The summed E-state index contributed by atoms with van der Waals surface area (Å²) in [7, 11) is 0. The largest absolute Gasteiger partial charge is 0.393 e. The minimum atomic E-state index is -0.256. The molecule has 0 aromatic rings. The summed E-state index contributed by atoms with van der Waals surface area (Å²) in [6, 6.07) is 0. The molecule has 0 saturated heterocycles. The quantitative estimate of drug-likeness (QED) is 0.666. The first-order chi connectivity index (χ1) is 5.04. The fourth-order valence-electron chi connectivity index (χ4n) is 0.564. The van der Waals surface area contributed by atoms with E-state index in [1.807, 2.05) is 6.92 Å². The van der Waals surface area contributed by atoms with Crippen molar-refractivity contribution in [3.63, 3.8) is 0 Å². The third-order valence-corrected chi connectivity index (χ3v) is 2.99. The Balaban J connectivity index is 3.24. The third kappa shape index (κ3) is 6.66. The van der Waals surface area contributed by atoms with Crippen LogP contribution < -0.4 is 0 Å². The fourth-order valence-corrected chi connectivity index (χ4v) is 1.69. The van der Waals surface area contributed by atoms with E-state index in [-0.39, 0.29) is 17.5 Å². The normalized spacial score (nSPS) is 19.4. The van der Waals surface area contributed by atoms with Gasteiger partial charge in [-0.25, -0.2) is 0 Å². The number of hydrogen-bond acceptors (Lipinski definition) is 3. The molecule has 3 heteroatoms. The molecule has 0 aliphatic rings. The van der Waals surface area contributed by atoms with Crippen LogP contribution in [0.2, 0.25) is 0 Å². The van der Waals surface area contributed by atoms with Gasteiger partial charge in [-0.15, -0.1) is 0 Å². The van der Waals surface area contributed by atoms with Crippen molar-refractivity contribution >= 4 is 11.8 Å². The molecule has 3 atom stereocenters. The van der Waals surface area contributed by atoms with Crippen LogP contribution in [0.4, 0.5) is 0 Å². The molecule has 0 aromatic heterocycles. The van der Waals surface area contributed by atoms with Crippen molar-refractivity contribution < 1.29 is 10.2 Å². The van der Waals surface area contributed by atoms with Gasteiger partial charge in [0.05, 0.1) is 12.2 Å². The molecule has 68 valence electrons. The summed E-state index contributed by atoms with van der Waals surface area (Å²) in [6.45, 7) is 5.57. The lowest BCUT2D eigenvalue weighted by atomic mass is 10.3.